The minimum absolute atomic E-state index is 0.0312. The van der Waals surface area contributed by atoms with Crippen LogP contribution in [-0.2, 0) is 23.1 Å². The van der Waals surface area contributed by atoms with Crippen molar-refractivity contribution in [3.8, 4) is 5.75 Å². The van der Waals surface area contributed by atoms with Gasteiger partial charge in [0.2, 0.25) is 0 Å². The third kappa shape index (κ3) is 4.25. The lowest BCUT2D eigenvalue weighted by molar-refractivity contribution is 0.300. The van der Waals surface area contributed by atoms with Crippen molar-refractivity contribution < 1.29 is 21.9 Å². The number of fused-ring (bicyclic) bond motifs is 1. The van der Waals surface area contributed by atoms with Gasteiger partial charge in [-0.1, -0.05) is 23.7 Å². The Bertz CT molecular complexity index is 1230. The van der Waals surface area contributed by atoms with Crippen LogP contribution in [0.15, 0.2) is 59.5 Å². The zero-order chi connectivity index (χ0) is 22.2. The first-order valence-electron chi connectivity index (χ1n) is 9.75. The van der Waals surface area contributed by atoms with Gasteiger partial charge < -0.3 is 4.74 Å². The van der Waals surface area contributed by atoms with E-state index in [1.807, 2.05) is 6.07 Å². The van der Waals surface area contributed by atoms with Crippen molar-refractivity contribution in [2.45, 2.75) is 31.3 Å². The highest BCUT2D eigenvalue weighted by Crippen LogP contribution is 2.35. The van der Waals surface area contributed by atoms with Crippen molar-refractivity contribution in [1.29, 1.82) is 0 Å². The zero-order valence-electron chi connectivity index (χ0n) is 16.7. The number of benzene rings is 3. The maximum atomic E-state index is 14.0. The standard InChI is InChI=1S/C23H20ClF2NO3S/c1-15-12-18(9-10-21(15)25)31(28,29)27-11-3-4-16-7-8-17(13-23(16)27)30-14-19-20(24)5-2-6-22(19)26/h2,5-10,12-13H,3-4,11,14H2,1H3. The fraction of sp³-hybridized carbons (Fsp3) is 0.217. The van der Waals surface area contributed by atoms with Crippen molar-refractivity contribution in [3.63, 3.8) is 0 Å². The van der Waals surface area contributed by atoms with Gasteiger partial charge in [0.1, 0.15) is 24.0 Å². The van der Waals surface area contributed by atoms with Crippen LogP contribution in [0.1, 0.15) is 23.1 Å². The number of sulfonamides is 1. The number of nitrogens with zero attached hydrogens (tertiary/aromatic N) is 1. The van der Waals surface area contributed by atoms with E-state index < -0.39 is 21.7 Å². The number of aryl methyl sites for hydroxylation is 2. The Kier molecular flexibility index (Phi) is 5.90. The second-order valence-electron chi connectivity index (χ2n) is 7.37. The highest BCUT2D eigenvalue weighted by Gasteiger charge is 2.30. The summed E-state index contributed by atoms with van der Waals surface area (Å²) in [6.45, 7) is 1.74. The summed E-state index contributed by atoms with van der Waals surface area (Å²) in [5.41, 5.74) is 1.86. The first-order chi connectivity index (χ1) is 14.8. The number of hydrogen-bond acceptors (Lipinski definition) is 3. The lowest BCUT2D eigenvalue weighted by Gasteiger charge is -2.31. The summed E-state index contributed by atoms with van der Waals surface area (Å²) < 4.78 is 61.3. The molecule has 0 unspecified atom stereocenters. The minimum Gasteiger partial charge on any atom is -0.489 e. The molecule has 1 aliphatic rings. The Morgan fingerprint density at radius 2 is 1.87 bits per heavy atom. The first-order valence-corrected chi connectivity index (χ1v) is 11.6. The topological polar surface area (TPSA) is 46.6 Å². The summed E-state index contributed by atoms with van der Waals surface area (Å²) in [5.74, 6) is -0.530. The molecule has 8 heteroatoms. The maximum Gasteiger partial charge on any atom is 0.264 e. The van der Waals surface area contributed by atoms with E-state index in [0.29, 0.717) is 24.4 Å². The van der Waals surface area contributed by atoms with E-state index >= 15 is 0 Å². The molecule has 0 radical (unpaired) electrons. The second-order valence-corrected chi connectivity index (χ2v) is 9.64. The molecule has 0 saturated heterocycles. The van der Waals surface area contributed by atoms with E-state index in [-0.39, 0.29) is 27.7 Å². The molecule has 0 fully saturated rings. The summed E-state index contributed by atoms with van der Waals surface area (Å²) in [5, 5.41) is 0.258. The molecule has 162 valence electrons. The van der Waals surface area contributed by atoms with E-state index in [1.54, 1.807) is 18.2 Å². The molecule has 3 aromatic carbocycles. The van der Waals surface area contributed by atoms with Crippen LogP contribution in [0.25, 0.3) is 0 Å². The van der Waals surface area contributed by atoms with Gasteiger partial charge in [-0.15, -0.1) is 0 Å². The first kappa shape index (κ1) is 21.6. The smallest absolute Gasteiger partial charge is 0.264 e. The molecular weight excluding hydrogens is 444 g/mol. The molecule has 0 N–H and O–H groups in total. The van der Waals surface area contributed by atoms with Crippen LogP contribution in [-0.4, -0.2) is 15.0 Å². The molecule has 0 aliphatic carbocycles. The van der Waals surface area contributed by atoms with Crippen LogP contribution >= 0.6 is 11.6 Å². The lowest BCUT2D eigenvalue weighted by Crippen LogP contribution is -2.35. The van der Waals surface area contributed by atoms with E-state index in [0.717, 1.165) is 18.1 Å². The normalized spacial score (nSPS) is 13.7. The predicted octanol–water partition coefficient (Wildman–Crippen LogP) is 5.65. The average Bonchev–Trinajstić information content (AvgIpc) is 2.74. The van der Waals surface area contributed by atoms with Gasteiger partial charge in [-0.3, -0.25) is 4.31 Å². The van der Waals surface area contributed by atoms with Gasteiger partial charge in [0.25, 0.3) is 10.0 Å². The van der Waals surface area contributed by atoms with Gasteiger partial charge in [-0.05, 0) is 67.3 Å². The third-order valence-electron chi connectivity index (χ3n) is 5.30. The highest BCUT2D eigenvalue weighted by molar-refractivity contribution is 7.92. The second kappa shape index (κ2) is 8.48. The van der Waals surface area contributed by atoms with Crippen molar-refractivity contribution in [1.82, 2.24) is 0 Å². The van der Waals surface area contributed by atoms with E-state index in [2.05, 4.69) is 0 Å². The zero-order valence-corrected chi connectivity index (χ0v) is 18.3. The van der Waals surface area contributed by atoms with Gasteiger partial charge >= 0.3 is 0 Å². The number of halogens is 3. The van der Waals surface area contributed by atoms with Gasteiger partial charge in [-0.2, -0.15) is 0 Å². The van der Waals surface area contributed by atoms with E-state index in [9.17, 15) is 17.2 Å². The SMILES string of the molecule is Cc1cc(S(=O)(=O)N2CCCc3ccc(OCc4c(F)cccc4Cl)cc32)ccc1F. The number of anilines is 1. The summed E-state index contributed by atoms with van der Waals surface area (Å²) in [7, 11) is -3.88. The number of rotatable bonds is 5. The van der Waals surface area contributed by atoms with Gasteiger partial charge in [0.15, 0.2) is 0 Å². The average molecular weight is 464 g/mol. The van der Waals surface area contributed by atoms with Crippen molar-refractivity contribution >= 4 is 27.3 Å². The van der Waals surface area contributed by atoms with Crippen LogP contribution in [0.5, 0.6) is 5.75 Å². The van der Waals surface area contributed by atoms with Crippen LogP contribution < -0.4 is 9.04 Å². The minimum atomic E-state index is -3.88. The Morgan fingerprint density at radius 3 is 2.61 bits per heavy atom. The Labute approximate surface area is 185 Å². The van der Waals surface area contributed by atoms with Gasteiger partial charge in [-0.25, -0.2) is 17.2 Å². The Morgan fingerprint density at radius 1 is 1.06 bits per heavy atom. The molecule has 4 nitrogen and oxygen atoms in total. The summed E-state index contributed by atoms with van der Waals surface area (Å²) in [6.07, 6.45) is 1.39. The quantitative estimate of drug-likeness (QED) is 0.491. The Balaban J connectivity index is 1.65. The fourth-order valence-electron chi connectivity index (χ4n) is 3.59. The molecule has 3 aromatic rings. The summed E-state index contributed by atoms with van der Waals surface area (Å²) in [4.78, 5) is 0.0312. The molecule has 0 amide bonds. The van der Waals surface area contributed by atoms with Crippen molar-refractivity contribution in [2.24, 2.45) is 0 Å². The summed E-state index contributed by atoms with van der Waals surface area (Å²) in [6, 6.07) is 13.3. The highest BCUT2D eigenvalue weighted by atomic mass is 35.5. The van der Waals surface area contributed by atoms with Crippen LogP contribution in [0, 0.1) is 18.6 Å². The molecule has 0 spiro atoms. The Hall–Kier alpha value is -2.64. The van der Waals surface area contributed by atoms with Crippen molar-refractivity contribution in [2.75, 3.05) is 10.8 Å². The molecule has 31 heavy (non-hydrogen) atoms. The van der Waals surface area contributed by atoms with Crippen LogP contribution in [0.4, 0.5) is 14.5 Å². The third-order valence-corrected chi connectivity index (χ3v) is 7.46. The number of ether oxygens (including phenoxy) is 1. The predicted molar refractivity (Wildman–Crippen MR) is 116 cm³/mol. The molecule has 1 heterocycles. The molecule has 0 saturated carbocycles. The fourth-order valence-corrected chi connectivity index (χ4v) is 5.43. The van der Waals surface area contributed by atoms with Gasteiger partial charge in [0, 0.05) is 18.2 Å². The monoisotopic (exact) mass is 463 g/mol. The maximum absolute atomic E-state index is 14.0. The lowest BCUT2D eigenvalue weighted by atomic mass is 10.0. The molecule has 0 bridgehead atoms. The number of hydrogen-bond donors (Lipinski definition) is 0. The molecule has 1 aliphatic heterocycles. The molecule has 0 atom stereocenters. The molecule has 4 rings (SSSR count). The van der Waals surface area contributed by atoms with Crippen molar-refractivity contribution in [3.05, 3.63) is 87.9 Å². The van der Waals surface area contributed by atoms with Crippen LogP contribution in [0.2, 0.25) is 5.02 Å². The van der Waals surface area contributed by atoms with Crippen LogP contribution in [0.3, 0.4) is 0 Å². The molecule has 0 aromatic heterocycles. The van der Waals surface area contributed by atoms with Gasteiger partial charge in [0.05, 0.1) is 15.6 Å². The molecular formula is C23H20ClF2NO3S. The summed E-state index contributed by atoms with van der Waals surface area (Å²) >= 11 is 6.05. The van der Waals surface area contributed by atoms with E-state index in [1.165, 1.54) is 35.5 Å². The van der Waals surface area contributed by atoms with E-state index in [4.69, 9.17) is 16.3 Å². The largest absolute Gasteiger partial charge is 0.489 e.